The number of hydrogen-bond acceptors (Lipinski definition) is 0. The van der Waals surface area contributed by atoms with E-state index in [9.17, 15) is 0 Å². The Bertz CT molecular complexity index is 512. The second-order valence-electron chi connectivity index (χ2n) is 6.83. The van der Waals surface area contributed by atoms with Gasteiger partial charge in [-0.05, 0) is 23.1 Å². The molecular weight excluding hydrogens is 244 g/mol. The van der Waals surface area contributed by atoms with E-state index in [0.29, 0.717) is 5.41 Å². The lowest BCUT2D eigenvalue weighted by atomic mass is 9.88. The van der Waals surface area contributed by atoms with Gasteiger partial charge < -0.3 is 0 Å². The van der Waals surface area contributed by atoms with Gasteiger partial charge in [0.25, 0.3) is 0 Å². The van der Waals surface area contributed by atoms with E-state index in [2.05, 4.69) is 80.3 Å². The Labute approximate surface area is 117 Å². The molecule has 0 aliphatic heterocycles. The van der Waals surface area contributed by atoms with Gasteiger partial charge in [-0.25, -0.2) is 0 Å². The van der Waals surface area contributed by atoms with Crippen molar-refractivity contribution >= 4 is 8.07 Å². The van der Waals surface area contributed by atoms with Gasteiger partial charge in [0, 0.05) is 13.5 Å². The van der Waals surface area contributed by atoms with Crippen LogP contribution < -0.4 is 0 Å². The fraction of sp³-hybridized carbons (Fsp3) is 0.333. The minimum absolute atomic E-state index is 0.299. The van der Waals surface area contributed by atoms with Crippen LogP contribution in [0.1, 0.15) is 17.5 Å². The van der Waals surface area contributed by atoms with E-state index in [-0.39, 0.29) is 0 Å². The van der Waals surface area contributed by atoms with Crippen molar-refractivity contribution in [2.45, 2.75) is 37.0 Å². The monoisotopic (exact) mass is 266 g/mol. The second-order valence-corrected chi connectivity index (χ2v) is 12.3. The molecule has 1 atom stereocenters. The predicted molar refractivity (Wildman–Crippen MR) is 85.4 cm³/mol. The Hall–Kier alpha value is -1.34. The smallest absolute Gasteiger partial charge is 0.0487 e. The van der Waals surface area contributed by atoms with Gasteiger partial charge in [0.05, 0.1) is 0 Å². The fourth-order valence-electron chi connectivity index (χ4n) is 3.58. The van der Waals surface area contributed by atoms with Crippen LogP contribution in [0.2, 0.25) is 25.2 Å². The van der Waals surface area contributed by atoms with Crippen molar-refractivity contribution in [3.8, 4) is 0 Å². The molecule has 2 aromatic rings. The second kappa shape index (κ2) is 4.34. The van der Waals surface area contributed by atoms with Crippen molar-refractivity contribution in [2.75, 3.05) is 0 Å². The zero-order chi connectivity index (χ0) is 13.5. The third kappa shape index (κ3) is 2.06. The first-order valence-corrected chi connectivity index (χ1v) is 10.7. The van der Waals surface area contributed by atoms with Crippen molar-refractivity contribution in [3.05, 3.63) is 71.8 Å². The van der Waals surface area contributed by atoms with Crippen LogP contribution in [0.3, 0.4) is 0 Å². The van der Waals surface area contributed by atoms with Crippen molar-refractivity contribution in [1.82, 2.24) is 0 Å². The van der Waals surface area contributed by atoms with Crippen LogP contribution in [0.15, 0.2) is 60.7 Å². The van der Waals surface area contributed by atoms with E-state index >= 15 is 0 Å². The molecule has 0 saturated heterocycles. The van der Waals surface area contributed by atoms with E-state index in [1.165, 1.54) is 17.5 Å². The maximum atomic E-state index is 2.51. The summed E-state index contributed by atoms with van der Waals surface area (Å²) in [5.74, 6) is 0. The summed E-state index contributed by atoms with van der Waals surface area (Å²) in [4.78, 5) is 0. The highest BCUT2D eigenvalue weighted by atomic mass is 28.3. The first-order valence-electron chi connectivity index (χ1n) is 7.16. The minimum Gasteiger partial charge on any atom is -0.0693 e. The van der Waals surface area contributed by atoms with E-state index < -0.39 is 8.07 Å². The van der Waals surface area contributed by atoms with Crippen LogP contribution in [-0.2, 0) is 5.41 Å². The Morgan fingerprint density at radius 3 is 1.53 bits per heavy atom. The Morgan fingerprint density at radius 2 is 1.21 bits per heavy atom. The molecule has 1 aliphatic carbocycles. The lowest BCUT2D eigenvalue weighted by Gasteiger charge is -2.25. The Balaban J connectivity index is 2.10. The van der Waals surface area contributed by atoms with Gasteiger partial charge in [0.1, 0.15) is 0 Å². The Morgan fingerprint density at radius 1 is 0.789 bits per heavy atom. The summed E-state index contributed by atoms with van der Waals surface area (Å²) in [5, 5.41) is 0. The third-order valence-corrected chi connectivity index (χ3v) is 7.37. The molecular formula is C18H22Si. The van der Waals surface area contributed by atoms with Crippen LogP contribution in [0.25, 0.3) is 0 Å². The standard InChI is InChI=1S/C18H22Si/c1-19(2,3)17-14-18(17,15-10-6-4-7-11-15)16-12-8-5-9-13-16/h4-13,17H,14H2,1-3H3. The van der Waals surface area contributed by atoms with Gasteiger partial charge in [0.15, 0.2) is 0 Å². The van der Waals surface area contributed by atoms with E-state index in [4.69, 9.17) is 0 Å². The van der Waals surface area contributed by atoms with Gasteiger partial charge in [-0.3, -0.25) is 0 Å². The molecule has 3 rings (SSSR count). The highest BCUT2D eigenvalue weighted by Gasteiger charge is 2.60. The molecule has 2 aromatic carbocycles. The zero-order valence-electron chi connectivity index (χ0n) is 12.1. The molecule has 0 heterocycles. The third-order valence-electron chi connectivity index (χ3n) is 4.58. The maximum absolute atomic E-state index is 2.51. The molecule has 1 heteroatoms. The van der Waals surface area contributed by atoms with Crippen LogP contribution in [0.5, 0.6) is 0 Å². The largest absolute Gasteiger partial charge is 0.0693 e. The predicted octanol–water partition coefficient (Wildman–Crippen LogP) is 5.08. The number of rotatable bonds is 3. The first-order chi connectivity index (χ1) is 9.05. The van der Waals surface area contributed by atoms with Crippen LogP contribution >= 0.6 is 0 Å². The molecule has 0 bridgehead atoms. The number of hydrogen-bond donors (Lipinski definition) is 0. The van der Waals surface area contributed by atoms with Crippen LogP contribution in [-0.4, -0.2) is 8.07 Å². The highest BCUT2D eigenvalue weighted by Crippen LogP contribution is 2.67. The molecule has 0 aromatic heterocycles. The molecule has 19 heavy (non-hydrogen) atoms. The molecule has 1 unspecified atom stereocenters. The zero-order valence-corrected chi connectivity index (χ0v) is 13.1. The van der Waals surface area contributed by atoms with Gasteiger partial charge in [-0.1, -0.05) is 80.3 Å². The van der Waals surface area contributed by atoms with Gasteiger partial charge in [-0.2, -0.15) is 0 Å². The lowest BCUT2D eigenvalue weighted by Crippen LogP contribution is -2.26. The first kappa shape index (κ1) is 12.7. The highest BCUT2D eigenvalue weighted by molar-refractivity contribution is 6.78. The fourth-order valence-corrected chi connectivity index (χ4v) is 6.33. The summed E-state index contributed by atoms with van der Waals surface area (Å²) < 4.78 is 0. The average molecular weight is 266 g/mol. The minimum atomic E-state index is -1.12. The molecule has 1 saturated carbocycles. The van der Waals surface area contributed by atoms with E-state index in [1.54, 1.807) is 0 Å². The van der Waals surface area contributed by atoms with E-state index in [1.807, 2.05) is 0 Å². The summed E-state index contributed by atoms with van der Waals surface area (Å²) in [6.07, 6.45) is 1.33. The molecule has 0 radical (unpaired) electrons. The molecule has 98 valence electrons. The summed E-state index contributed by atoms with van der Waals surface area (Å²) in [5.41, 5.74) is 4.18. The molecule has 0 N–H and O–H groups in total. The lowest BCUT2D eigenvalue weighted by molar-refractivity contribution is 0.838. The van der Waals surface area contributed by atoms with Crippen LogP contribution in [0, 0.1) is 0 Å². The normalized spacial score (nSPS) is 21.1. The average Bonchev–Trinajstić information content (AvgIpc) is 3.18. The van der Waals surface area contributed by atoms with Crippen molar-refractivity contribution in [3.63, 3.8) is 0 Å². The Kier molecular flexibility index (Phi) is 2.90. The summed E-state index contributed by atoms with van der Waals surface area (Å²) in [6, 6.07) is 22.2. The van der Waals surface area contributed by atoms with Crippen molar-refractivity contribution in [2.24, 2.45) is 0 Å². The van der Waals surface area contributed by atoms with Crippen molar-refractivity contribution < 1.29 is 0 Å². The molecule has 1 fully saturated rings. The molecule has 1 aliphatic rings. The van der Waals surface area contributed by atoms with Gasteiger partial charge in [-0.15, -0.1) is 0 Å². The van der Waals surface area contributed by atoms with Crippen molar-refractivity contribution in [1.29, 1.82) is 0 Å². The molecule has 0 nitrogen and oxygen atoms in total. The summed E-state index contributed by atoms with van der Waals surface area (Å²) >= 11 is 0. The topological polar surface area (TPSA) is 0 Å². The van der Waals surface area contributed by atoms with E-state index in [0.717, 1.165) is 5.54 Å². The summed E-state index contributed by atoms with van der Waals surface area (Å²) in [6.45, 7) is 7.52. The van der Waals surface area contributed by atoms with Gasteiger partial charge in [0.2, 0.25) is 0 Å². The molecule has 0 amide bonds. The quantitative estimate of drug-likeness (QED) is 0.679. The van der Waals surface area contributed by atoms with Gasteiger partial charge >= 0.3 is 0 Å². The SMILES string of the molecule is C[Si](C)(C)C1CC1(c1ccccc1)c1ccccc1. The molecule has 0 spiro atoms. The summed E-state index contributed by atoms with van der Waals surface area (Å²) in [7, 11) is -1.12. The number of benzene rings is 2. The maximum Gasteiger partial charge on any atom is 0.0487 e. The van der Waals surface area contributed by atoms with Crippen LogP contribution in [0.4, 0.5) is 0 Å².